The molecule has 1 aromatic carbocycles. The second-order valence-electron chi connectivity index (χ2n) is 5.01. The smallest absolute Gasteiger partial charge is 0.101 e. The van der Waals surface area contributed by atoms with E-state index < -0.39 is 0 Å². The maximum Gasteiger partial charge on any atom is 0.101 e. The Hall–Kier alpha value is -1.09. The number of hydrogen-bond acceptors (Lipinski definition) is 4. The quantitative estimate of drug-likeness (QED) is 0.897. The van der Waals surface area contributed by atoms with Crippen molar-refractivity contribution in [2.24, 2.45) is 0 Å². The van der Waals surface area contributed by atoms with Gasteiger partial charge in [-0.25, -0.2) is 0 Å². The van der Waals surface area contributed by atoms with Crippen LogP contribution >= 0.6 is 15.9 Å². The first-order valence-corrected chi connectivity index (χ1v) is 7.71. The summed E-state index contributed by atoms with van der Waals surface area (Å²) in [7, 11) is 1.79. The summed E-state index contributed by atoms with van der Waals surface area (Å²) >= 11 is 3.38. The second kappa shape index (κ2) is 7.63. The largest absolute Gasteiger partial charge is 0.383 e. The molecule has 0 unspecified atom stereocenters. The van der Waals surface area contributed by atoms with Crippen molar-refractivity contribution >= 4 is 21.6 Å². The van der Waals surface area contributed by atoms with Crippen LogP contribution in [-0.2, 0) is 4.74 Å². The van der Waals surface area contributed by atoms with Crippen LogP contribution in [0.15, 0.2) is 22.7 Å². The van der Waals surface area contributed by atoms with E-state index in [1.165, 1.54) is 0 Å². The fourth-order valence-corrected chi connectivity index (χ4v) is 2.84. The maximum atomic E-state index is 9.11. The minimum absolute atomic E-state index is 0.427. The van der Waals surface area contributed by atoms with Crippen molar-refractivity contribution in [3.63, 3.8) is 0 Å². The number of nitrogens with one attached hydrogen (secondary N) is 1. The Bertz CT molecular complexity index is 478. The molecule has 0 atom stereocenters. The average molecular weight is 338 g/mol. The van der Waals surface area contributed by atoms with Gasteiger partial charge in [-0.2, -0.15) is 5.26 Å². The molecule has 20 heavy (non-hydrogen) atoms. The molecule has 2 rings (SSSR count). The number of nitrogens with zero attached hydrogens (tertiary/aromatic N) is 2. The summed E-state index contributed by atoms with van der Waals surface area (Å²) in [5.41, 5.74) is 1.58. The monoisotopic (exact) mass is 337 g/mol. The van der Waals surface area contributed by atoms with Crippen LogP contribution in [0.2, 0.25) is 0 Å². The molecule has 0 spiro atoms. The SMILES string of the molecule is COC1CCN(CCNc2ccc(Br)cc2C#N)CC1. The zero-order valence-corrected chi connectivity index (χ0v) is 13.3. The molecule has 0 amide bonds. The van der Waals surface area contributed by atoms with E-state index in [0.29, 0.717) is 11.7 Å². The molecular formula is C15H20BrN3O. The highest BCUT2D eigenvalue weighted by atomic mass is 79.9. The molecule has 4 nitrogen and oxygen atoms in total. The third-order valence-corrected chi connectivity index (χ3v) is 4.21. The standard InChI is InChI=1S/C15H20BrN3O/c1-20-14-4-7-19(8-5-14)9-6-18-15-3-2-13(16)10-12(15)11-17/h2-3,10,14,18H,4-9H2,1H3. The Kier molecular flexibility index (Phi) is 5.84. The van der Waals surface area contributed by atoms with E-state index in [9.17, 15) is 0 Å². The predicted octanol–water partition coefficient (Wildman–Crippen LogP) is 2.84. The van der Waals surface area contributed by atoms with E-state index in [2.05, 4.69) is 32.2 Å². The van der Waals surface area contributed by atoms with E-state index in [-0.39, 0.29) is 0 Å². The third kappa shape index (κ3) is 4.20. The van der Waals surface area contributed by atoms with Gasteiger partial charge in [-0.3, -0.25) is 0 Å². The number of halogens is 1. The van der Waals surface area contributed by atoms with Crippen molar-refractivity contribution in [1.29, 1.82) is 5.26 Å². The van der Waals surface area contributed by atoms with Crippen molar-refractivity contribution in [1.82, 2.24) is 4.90 Å². The molecule has 1 heterocycles. The molecular weight excluding hydrogens is 318 g/mol. The second-order valence-corrected chi connectivity index (χ2v) is 5.92. The van der Waals surface area contributed by atoms with Gasteiger partial charge in [-0.1, -0.05) is 15.9 Å². The molecule has 5 heteroatoms. The topological polar surface area (TPSA) is 48.3 Å². The number of hydrogen-bond donors (Lipinski definition) is 1. The lowest BCUT2D eigenvalue weighted by Crippen LogP contribution is -2.39. The molecule has 0 aliphatic carbocycles. The number of anilines is 1. The van der Waals surface area contributed by atoms with Crippen molar-refractivity contribution in [2.45, 2.75) is 18.9 Å². The zero-order valence-electron chi connectivity index (χ0n) is 11.7. The summed E-state index contributed by atoms with van der Waals surface area (Å²) in [6.45, 7) is 4.03. The van der Waals surface area contributed by atoms with Crippen molar-refractivity contribution in [2.75, 3.05) is 38.6 Å². The molecule has 0 saturated carbocycles. The molecule has 1 aliphatic rings. The molecule has 0 aromatic heterocycles. The Morgan fingerprint density at radius 3 is 2.85 bits per heavy atom. The minimum Gasteiger partial charge on any atom is -0.383 e. The normalized spacial score (nSPS) is 16.9. The Labute approximate surface area is 128 Å². The number of piperidine rings is 1. The summed E-state index contributed by atoms with van der Waals surface area (Å²) in [5, 5.41) is 12.5. The van der Waals surface area contributed by atoms with Crippen LogP contribution in [0.3, 0.4) is 0 Å². The highest BCUT2D eigenvalue weighted by Gasteiger charge is 2.17. The van der Waals surface area contributed by atoms with Gasteiger partial charge in [0.05, 0.1) is 17.4 Å². The molecule has 1 N–H and O–H groups in total. The van der Waals surface area contributed by atoms with Crippen LogP contribution in [0.25, 0.3) is 0 Å². The van der Waals surface area contributed by atoms with Crippen LogP contribution in [0.5, 0.6) is 0 Å². The predicted molar refractivity (Wildman–Crippen MR) is 83.8 cm³/mol. The van der Waals surface area contributed by atoms with Crippen molar-refractivity contribution in [3.05, 3.63) is 28.2 Å². The average Bonchev–Trinajstić information content (AvgIpc) is 2.49. The fourth-order valence-electron chi connectivity index (χ4n) is 2.48. The number of rotatable bonds is 5. The maximum absolute atomic E-state index is 9.11. The van der Waals surface area contributed by atoms with Crippen LogP contribution in [0.1, 0.15) is 18.4 Å². The van der Waals surface area contributed by atoms with E-state index in [0.717, 1.165) is 49.2 Å². The van der Waals surface area contributed by atoms with E-state index >= 15 is 0 Å². The van der Waals surface area contributed by atoms with Gasteiger partial charge < -0.3 is 15.0 Å². The lowest BCUT2D eigenvalue weighted by atomic mass is 10.1. The summed E-state index contributed by atoms with van der Waals surface area (Å²) < 4.78 is 6.30. The van der Waals surface area contributed by atoms with Gasteiger partial charge in [0.1, 0.15) is 6.07 Å². The van der Waals surface area contributed by atoms with E-state index in [1.54, 1.807) is 7.11 Å². The van der Waals surface area contributed by atoms with E-state index in [1.807, 2.05) is 18.2 Å². The summed E-state index contributed by atoms with van der Waals surface area (Å²) in [6.07, 6.45) is 2.65. The first-order chi connectivity index (χ1) is 9.72. The zero-order chi connectivity index (χ0) is 14.4. The lowest BCUT2D eigenvalue weighted by molar-refractivity contribution is 0.0423. The first kappa shape index (κ1) is 15.3. The van der Waals surface area contributed by atoms with Gasteiger partial charge in [0.2, 0.25) is 0 Å². The Morgan fingerprint density at radius 1 is 1.45 bits per heavy atom. The summed E-state index contributed by atoms with van der Waals surface area (Å²) in [5.74, 6) is 0. The highest BCUT2D eigenvalue weighted by Crippen LogP contribution is 2.20. The highest BCUT2D eigenvalue weighted by molar-refractivity contribution is 9.10. The number of ether oxygens (including phenoxy) is 1. The molecule has 1 aliphatic heterocycles. The third-order valence-electron chi connectivity index (χ3n) is 3.71. The number of nitriles is 1. The number of methoxy groups -OCH3 is 1. The van der Waals surface area contributed by atoms with Crippen molar-refractivity contribution < 1.29 is 4.74 Å². The van der Waals surface area contributed by atoms with Crippen LogP contribution in [0, 0.1) is 11.3 Å². The number of likely N-dealkylation sites (tertiary alicyclic amines) is 1. The van der Waals surface area contributed by atoms with Crippen LogP contribution in [-0.4, -0.2) is 44.3 Å². The molecule has 1 saturated heterocycles. The molecule has 0 radical (unpaired) electrons. The summed E-state index contributed by atoms with van der Waals surface area (Å²) in [6, 6.07) is 7.95. The van der Waals surface area contributed by atoms with Gasteiger partial charge >= 0.3 is 0 Å². The molecule has 1 fully saturated rings. The van der Waals surface area contributed by atoms with Crippen LogP contribution in [0.4, 0.5) is 5.69 Å². The van der Waals surface area contributed by atoms with Gasteiger partial charge in [-0.15, -0.1) is 0 Å². The number of benzene rings is 1. The molecule has 0 bridgehead atoms. The first-order valence-electron chi connectivity index (χ1n) is 6.91. The Morgan fingerprint density at radius 2 is 2.20 bits per heavy atom. The summed E-state index contributed by atoms with van der Waals surface area (Å²) in [4.78, 5) is 2.44. The van der Waals surface area contributed by atoms with Gasteiger partial charge in [0.25, 0.3) is 0 Å². The minimum atomic E-state index is 0.427. The Balaban J connectivity index is 1.78. The fraction of sp³-hybridized carbons (Fsp3) is 0.533. The van der Waals surface area contributed by atoms with Crippen molar-refractivity contribution in [3.8, 4) is 6.07 Å². The molecule has 108 valence electrons. The van der Waals surface area contributed by atoms with Gasteiger partial charge in [0.15, 0.2) is 0 Å². The van der Waals surface area contributed by atoms with Gasteiger partial charge in [-0.05, 0) is 31.0 Å². The lowest BCUT2D eigenvalue weighted by Gasteiger charge is -2.31. The van der Waals surface area contributed by atoms with Gasteiger partial charge in [0, 0.05) is 37.8 Å². The van der Waals surface area contributed by atoms with Crippen LogP contribution < -0.4 is 5.32 Å². The molecule has 1 aromatic rings. The van der Waals surface area contributed by atoms with E-state index in [4.69, 9.17) is 10.00 Å².